The number of hydrogen-bond acceptors (Lipinski definition) is 19. The quantitative estimate of drug-likeness (QED) is 0.0209. The molecule has 0 radical (unpaired) electrons. The van der Waals surface area contributed by atoms with Crippen molar-refractivity contribution in [3.8, 4) is 51.7 Å². The monoisotopic (exact) mass is 1730 g/mol. The first-order valence-electron chi connectivity index (χ1n) is 43.4. The maximum Gasteiger partial charge on any atom is 0.323 e. The number of amides is 3. The number of hydrogen-bond donors (Lipinski definition) is 11. The standard InChI is InChI=1S/C30H31N3O5.C29H31N3O4.C24H27N3O4.C19H18N2O2/c1-17-26-20-6-4-5-7-21(20)32-29(26)28(19-9-11-23-25(15-19)38-16-37-23)33-27(17)30(34)31-13-12-18-8-10-22(35-2)24(14-18)36-3;1-34-20-11-9-19(10-12-20)27-28-22(21-6-4-5-7-23(21)31-28)17-24(32-27)29(33)30-15-14-18-8-13-25(35-2)26(16-18)36-3;1-14-20-16-6-3-4-7-17(16)26-23(20)22(15-8-9-18-19(12-15)31-13-30-18)27-21(14)24(28)25-10-5-11-29-2;1-23-19(22)16-11-14-13-9-5-6-10-15(13)20-18(14)17(21-16)12-7-3-2-4-8-12/h4-11,14-15,17,27-28,32-33H,12-13,16H2,1-3H3,(H,31,34);4-13,16,24,27,31-32H,14-15,17H2,1-3H3,(H,30,33);3-4,6-9,12,14,21-22,26-27H,5,10-11,13H2,1-2H3,(H,25,28);2-10,16-17,20-21H,11H2,1H3/t;24-,27+;;/m.0../s1. The Morgan fingerprint density at radius 1 is 0.367 bits per heavy atom. The SMILES string of the molecule is COC(=O)C1Cc2c([nH]c3ccccc23)C(c2ccccc2)N1.COCCCNC(=O)C1NC(c2ccc3c(c2)OCO3)c2[nH]c3ccccc3c2C1C.COc1ccc(CCNC(=O)C2NC(c3ccc4c(c3)OCO4)c3[nH]c4ccccc4c3C2C)cc1OC.COc1ccc([C@H]2N[C@H](C(=O)NCCc3ccc(OC)c(OC)c3)Cc3c2[nH]c2ccccc32)cc1. The van der Waals surface area contributed by atoms with Crippen LogP contribution in [0.2, 0.25) is 0 Å². The van der Waals surface area contributed by atoms with Gasteiger partial charge in [-0.1, -0.05) is 153 Å². The molecule has 0 saturated heterocycles. The van der Waals surface area contributed by atoms with E-state index in [0.717, 1.165) is 130 Å². The first-order chi connectivity index (χ1) is 62.6. The van der Waals surface area contributed by atoms with Gasteiger partial charge in [0.05, 0.1) is 85.0 Å². The molecule has 8 unspecified atom stereocenters. The predicted octanol–water partition coefficient (Wildman–Crippen LogP) is 14.8. The number of H-pyrrole nitrogens is 4. The van der Waals surface area contributed by atoms with Crippen LogP contribution in [-0.4, -0.2) is 157 Å². The van der Waals surface area contributed by atoms with Gasteiger partial charge in [0.1, 0.15) is 11.8 Å². The van der Waals surface area contributed by atoms with E-state index in [1.165, 1.54) is 34.7 Å². The van der Waals surface area contributed by atoms with Crippen molar-refractivity contribution in [2.75, 3.05) is 89.6 Å². The largest absolute Gasteiger partial charge is 0.497 e. The van der Waals surface area contributed by atoms with Crippen LogP contribution in [0.3, 0.4) is 0 Å². The van der Waals surface area contributed by atoms with Gasteiger partial charge >= 0.3 is 5.97 Å². The summed E-state index contributed by atoms with van der Waals surface area (Å²) in [6.45, 7) is 6.93. The molecule has 4 aromatic heterocycles. The predicted molar refractivity (Wildman–Crippen MR) is 491 cm³/mol. The molecule has 6 aliphatic rings. The summed E-state index contributed by atoms with van der Waals surface area (Å²) in [6.07, 6.45) is 3.41. The average molecular weight is 1730 g/mol. The number of fused-ring (bicyclic) bond motifs is 14. The van der Waals surface area contributed by atoms with Crippen LogP contribution in [0.4, 0.5) is 0 Å². The molecular weight excluding hydrogens is 1620 g/mol. The summed E-state index contributed by atoms with van der Waals surface area (Å²) in [7, 11) is 11.2. The van der Waals surface area contributed by atoms with Crippen LogP contribution in [0, 0.1) is 0 Å². The lowest BCUT2D eigenvalue weighted by atomic mass is 9.82. The van der Waals surface area contributed by atoms with Gasteiger partial charge in [0.2, 0.25) is 31.3 Å². The highest BCUT2D eigenvalue weighted by Crippen LogP contribution is 2.47. The zero-order valence-corrected chi connectivity index (χ0v) is 73.0. The Balaban J connectivity index is 0.000000122. The number of carbonyl (C=O) groups is 4. The number of ether oxygens (including phenoxy) is 11. The van der Waals surface area contributed by atoms with E-state index in [-0.39, 0.29) is 91.4 Å². The lowest BCUT2D eigenvalue weighted by molar-refractivity contribution is -0.143. The lowest BCUT2D eigenvalue weighted by Gasteiger charge is -2.35. The molecule has 3 amide bonds. The van der Waals surface area contributed by atoms with Gasteiger partial charge in [-0.05, 0) is 166 Å². The summed E-state index contributed by atoms with van der Waals surface area (Å²) in [4.78, 5) is 66.5. The Morgan fingerprint density at radius 3 is 1.23 bits per heavy atom. The van der Waals surface area contributed by atoms with Crippen LogP contribution in [0.15, 0.2) is 224 Å². The van der Waals surface area contributed by atoms with Crippen molar-refractivity contribution in [3.05, 3.63) is 303 Å². The zero-order valence-electron chi connectivity index (χ0n) is 73.0. The molecule has 10 heterocycles. The third-order valence-electron chi connectivity index (χ3n) is 25.1. The maximum absolute atomic E-state index is 13.6. The molecule has 6 aliphatic heterocycles. The van der Waals surface area contributed by atoms with Crippen molar-refractivity contribution in [2.24, 2.45) is 0 Å². The van der Waals surface area contributed by atoms with E-state index in [2.05, 4.69) is 132 Å². The van der Waals surface area contributed by atoms with E-state index in [4.69, 9.17) is 52.1 Å². The minimum absolute atomic E-state index is 0.00489. The fourth-order valence-electron chi connectivity index (χ4n) is 18.7. The van der Waals surface area contributed by atoms with Gasteiger partial charge in [0, 0.05) is 118 Å². The number of aromatic nitrogens is 4. The number of methoxy groups -OCH3 is 7. The summed E-state index contributed by atoms with van der Waals surface area (Å²) in [5.74, 6) is 6.20. The van der Waals surface area contributed by atoms with Crippen molar-refractivity contribution in [3.63, 3.8) is 0 Å². The number of benzene rings is 10. The molecule has 128 heavy (non-hydrogen) atoms. The van der Waals surface area contributed by atoms with Crippen LogP contribution < -0.4 is 79.8 Å². The van der Waals surface area contributed by atoms with E-state index in [0.29, 0.717) is 74.9 Å². The normalized spacial score (nSPS) is 19.5. The van der Waals surface area contributed by atoms with Crippen molar-refractivity contribution in [1.29, 1.82) is 0 Å². The number of carbonyl (C=O) groups excluding carboxylic acids is 4. The minimum atomic E-state index is -0.414. The smallest absolute Gasteiger partial charge is 0.323 e. The molecule has 0 bridgehead atoms. The fraction of sp³-hybridized carbons (Fsp3) is 0.294. The Morgan fingerprint density at radius 2 is 0.766 bits per heavy atom. The van der Waals surface area contributed by atoms with Crippen molar-refractivity contribution >= 4 is 67.3 Å². The van der Waals surface area contributed by atoms with Gasteiger partial charge in [-0.25, -0.2) is 0 Å². The molecule has 20 rings (SSSR count). The lowest BCUT2D eigenvalue weighted by Crippen LogP contribution is -2.51. The fourth-order valence-corrected chi connectivity index (χ4v) is 18.7. The third kappa shape index (κ3) is 17.9. The zero-order chi connectivity index (χ0) is 88.5. The summed E-state index contributed by atoms with van der Waals surface area (Å²) >= 11 is 0. The van der Waals surface area contributed by atoms with Crippen molar-refractivity contribution < 1.29 is 71.3 Å². The molecule has 10 aromatic carbocycles. The molecule has 14 aromatic rings. The van der Waals surface area contributed by atoms with E-state index >= 15 is 0 Å². The Labute approximate surface area is 742 Å². The van der Waals surface area contributed by atoms with Crippen LogP contribution in [0.25, 0.3) is 43.6 Å². The second kappa shape index (κ2) is 39.0. The Kier molecular flexibility index (Phi) is 26.3. The van der Waals surface area contributed by atoms with Crippen LogP contribution >= 0.6 is 0 Å². The van der Waals surface area contributed by atoms with Gasteiger partial charge in [0.25, 0.3) is 0 Å². The third-order valence-corrected chi connectivity index (χ3v) is 25.1. The molecule has 0 aliphatic carbocycles. The topological polar surface area (TPSA) is 317 Å². The number of rotatable bonds is 23. The molecule has 11 N–H and O–H groups in total. The highest BCUT2D eigenvalue weighted by molar-refractivity contribution is 5.93. The molecule has 0 saturated carbocycles. The minimum Gasteiger partial charge on any atom is -0.497 e. The van der Waals surface area contributed by atoms with Gasteiger partial charge in [-0.15, -0.1) is 0 Å². The van der Waals surface area contributed by atoms with Gasteiger partial charge in [0.15, 0.2) is 46.0 Å². The number of nitrogens with one attached hydrogen (secondary N) is 11. The summed E-state index contributed by atoms with van der Waals surface area (Å²) < 4.78 is 59.1. The van der Waals surface area contributed by atoms with E-state index in [9.17, 15) is 19.2 Å². The van der Waals surface area contributed by atoms with Crippen LogP contribution in [-0.2, 0) is 54.3 Å². The summed E-state index contributed by atoms with van der Waals surface area (Å²) in [6, 6.07) is 72.7. The van der Waals surface area contributed by atoms with Crippen molar-refractivity contribution in [1.82, 2.24) is 57.2 Å². The second-order valence-electron chi connectivity index (χ2n) is 32.6. The van der Waals surface area contributed by atoms with E-state index in [1.54, 1.807) is 42.7 Å². The second-order valence-corrected chi connectivity index (χ2v) is 32.6. The number of para-hydroxylation sites is 4. The molecule has 26 heteroatoms. The summed E-state index contributed by atoms with van der Waals surface area (Å²) in [5, 5.41) is 28.2. The van der Waals surface area contributed by atoms with E-state index < -0.39 is 6.04 Å². The molecule has 10 atom stereocenters. The van der Waals surface area contributed by atoms with Gasteiger partial charge in [-0.2, -0.15) is 0 Å². The maximum atomic E-state index is 13.6. The number of esters is 1. The molecule has 660 valence electrons. The molecule has 26 nitrogen and oxygen atoms in total. The average Bonchev–Trinajstić information content (AvgIpc) is 1.57. The van der Waals surface area contributed by atoms with Crippen LogP contribution in [0.1, 0.15) is 135 Å². The van der Waals surface area contributed by atoms with Gasteiger partial charge < -0.3 is 88.0 Å². The van der Waals surface area contributed by atoms with Crippen molar-refractivity contribution in [2.45, 2.75) is 106 Å². The van der Waals surface area contributed by atoms with Crippen LogP contribution in [0.5, 0.6) is 51.7 Å². The summed E-state index contributed by atoms with van der Waals surface area (Å²) in [5.41, 5.74) is 19.9. The highest BCUT2D eigenvalue weighted by atomic mass is 16.7. The van der Waals surface area contributed by atoms with Gasteiger partial charge in [-0.3, -0.25) is 40.4 Å². The molecule has 0 fully saturated rings. The number of aromatic amines is 4. The van der Waals surface area contributed by atoms with E-state index in [1.807, 2.05) is 164 Å². The highest BCUT2D eigenvalue weighted by Gasteiger charge is 2.43. The molecular formula is C102H107N11O15. The first-order valence-corrected chi connectivity index (χ1v) is 43.4. The Hall–Kier alpha value is -13.8. The molecule has 0 spiro atoms. The first kappa shape index (κ1) is 86.4. The Bertz CT molecular complexity index is 6320.